The van der Waals surface area contributed by atoms with E-state index in [2.05, 4.69) is 43.1 Å². The van der Waals surface area contributed by atoms with Gasteiger partial charge >= 0.3 is 5.97 Å². The molecule has 4 heteroatoms. The van der Waals surface area contributed by atoms with Crippen LogP contribution in [0, 0.1) is 20.8 Å². The summed E-state index contributed by atoms with van der Waals surface area (Å²) in [6.07, 6.45) is 1.00. The highest BCUT2D eigenvalue weighted by Gasteiger charge is 2.24. The summed E-state index contributed by atoms with van der Waals surface area (Å²) in [7, 11) is 0. The summed E-state index contributed by atoms with van der Waals surface area (Å²) in [5, 5.41) is 11.8. The Bertz CT molecular complexity index is 462. The second-order valence-electron chi connectivity index (χ2n) is 5.45. The molecule has 1 atom stereocenters. The van der Waals surface area contributed by atoms with Crippen molar-refractivity contribution in [2.75, 3.05) is 24.5 Å². The van der Waals surface area contributed by atoms with E-state index in [-0.39, 0.29) is 12.6 Å². The zero-order chi connectivity index (χ0) is 14.0. The zero-order valence-electron chi connectivity index (χ0n) is 11.9. The summed E-state index contributed by atoms with van der Waals surface area (Å²) in [5.74, 6) is -0.791. The minimum Gasteiger partial charge on any atom is -0.480 e. The first kappa shape index (κ1) is 13.9. The van der Waals surface area contributed by atoms with Crippen LogP contribution in [0.3, 0.4) is 0 Å². The van der Waals surface area contributed by atoms with Crippen LogP contribution in [0.5, 0.6) is 0 Å². The Labute approximate surface area is 114 Å². The molecule has 0 bridgehead atoms. The lowest BCUT2D eigenvalue weighted by molar-refractivity contribution is -0.136. The molecule has 1 aliphatic heterocycles. The van der Waals surface area contributed by atoms with E-state index in [1.807, 2.05) is 0 Å². The van der Waals surface area contributed by atoms with Gasteiger partial charge in [-0.25, -0.2) is 0 Å². The average molecular weight is 262 g/mol. The van der Waals surface area contributed by atoms with Gasteiger partial charge in [0.2, 0.25) is 0 Å². The van der Waals surface area contributed by atoms with Crippen LogP contribution in [-0.4, -0.2) is 36.8 Å². The number of aryl methyl sites for hydroxylation is 3. The lowest BCUT2D eigenvalue weighted by Gasteiger charge is -2.24. The summed E-state index contributed by atoms with van der Waals surface area (Å²) in [6.45, 7) is 8.33. The second kappa shape index (κ2) is 5.61. The van der Waals surface area contributed by atoms with Crippen molar-refractivity contribution in [1.29, 1.82) is 0 Å². The Morgan fingerprint density at radius 1 is 1.37 bits per heavy atom. The fourth-order valence-electron chi connectivity index (χ4n) is 3.03. The molecule has 2 N–H and O–H groups in total. The van der Waals surface area contributed by atoms with Crippen LogP contribution in [0.25, 0.3) is 0 Å². The number of carbonyl (C=O) groups is 1. The molecule has 19 heavy (non-hydrogen) atoms. The van der Waals surface area contributed by atoms with Crippen molar-refractivity contribution >= 4 is 11.7 Å². The van der Waals surface area contributed by atoms with E-state index in [9.17, 15) is 4.79 Å². The number of nitrogens with one attached hydrogen (secondary N) is 1. The fourth-order valence-corrected chi connectivity index (χ4v) is 3.03. The maximum absolute atomic E-state index is 10.6. The molecule has 1 heterocycles. The van der Waals surface area contributed by atoms with Gasteiger partial charge in [0.1, 0.15) is 0 Å². The molecule has 1 unspecified atom stereocenters. The van der Waals surface area contributed by atoms with Crippen LogP contribution in [0.4, 0.5) is 5.69 Å². The first-order valence-electron chi connectivity index (χ1n) is 6.75. The van der Waals surface area contributed by atoms with E-state index in [4.69, 9.17) is 5.11 Å². The minimum atomic E-state index is -0.791. The summed E-state index contributed by atoms with van der Waals surface area (Å²) in [6, 6.07) is 4.69. The average Bonchev–Trinajstić information content (AvgIpc) is 2.73. The van der Waals surface area contributed by atoms with Gasteiger partial charge in [0.15, 0.2) is 0 Å². The Hall–Kier alpha value is -1.55. The third-order valence-electron chi connectivity index (χ3n) is 3.68. The number of aliphatic carboxylic acids is 1. The van der Waals surface area contributed by atoms with Crippen molar-refractivity contribution in [3.8, 4) is 0 Å². The van der Waals surface area contributed by atoms with E-state index in [1.54, 1.807) is 0 Å². The predicted molar refractivity (Wildman–Crippen MR) is 76.9 cm³/mol. The normalized spacial score (nSPS) is 18.9. The number of carboxylic acids is 1. The summed E-state index contributed by atoms with van der Waals surface area (Å²) in [5.41, 5.74) is 5.21. The maximum atomic E-state index is 10.6. The highest BCUT2D eigenvalue weighted by atomic mass is 16.4. The first-order valence-corrected chi connectivity index (χ1v) is 6.75. The molecule has 0 saturated carbocycles. The fraction of sp³-hybridized carbons (Fsp3) is 0.533. The van der Waals surface area contributed by atoms with Gasteiger partial charge in [-0.15, -0.1) is 0 Å². The Morgan fingerprint density at radius 3 is 2.58 bits per heavy atom. The van der Waals surface area contributed by atoms with Gasteiger partial charge in [0, 0.05) is 24.8 Å². The topological polar surface area (TPSA) is 52.6 Å². The Balaban J connectivity index is 2.07. The molecule has 104 valence electrons. The van der Waals surface area contributed by atoms with Crippen molar-refractivity contribution in [2.45, 2.75) is 33.2 Å². The number of anilines is 1. The highest BCUT2D eigenvalue weighted by molar-refractivity contribution is 5.69. The van der Waals surface area contributed by atoms with Crippen LogP contribution in [0.2, 0.25) is 0 Å². The monoisotopic (exact) mass is 262 g/mol. The van der Waals surface area contributed by atoms with Crippen LogP contribution in [0.1, 0.15) is 23.1 Å². The quantitative estimate of drug-likeness (QED) is 0.869. The third kappa shape index (κ3) is 3.26. The molecule has 0 aromatic heterocycles. The number of benzene rings is 1. The standard InChI is InChI=1S/C15H22N2O2/c1-10-6-11(2)15(12(3)7-10)17-5-4-13(9-17)16-8-14(18)19/h6-7,13,16H,4-5,8-9H2,1-3H3,(H,18,19). The van der Waals surface area contributed by atoms with Crippen molar-refractivity contribution in [1.82, 2.24) is 5.32 Å². The molecule has 1 fully saturated rings. The summed E-state index contributed by atoms with van der Waals surface area (Å²) < 4.78 is 0. The van der Waals surface area contributed by atoms with Gasteiger partial charge in [-0.1, -0.05) is 17.7 Å². The molecule has 1 saturated heterocycles. The molecule has 4 nitrogen and oxygen atoms in total. The van der Waals surface area contributed by atoms with E-state index in [0.29, 0.717) is 0 Å². The molecule has 1 aliphatic rings. The lowest BCUT2D eigenvalue weighted by Crippen LogP contribution is -2.36. The van der Waals surface area contributed by atoms with E-state index >= 15 is 0 Å². The van der Waals surface area contributed by atoms with Crippen LogP contribution in [-0.2, 0) is 4.79 Å². The molecule has 1 aromatic carbocycles. The molecule has 2 rings (SSSR count). The Kier molecular flexibility index (Phi) is 4.10. The first-order chi connectivity index (χ1) is 8.97. The van der Waals surface area contributed by atoms with Crippen molar-refractivity contribution in [2.24, 2.45) is 0 Å². The molecule has 0 aliphatic carbocycles. The van der Waals surface area contributed by atoms with Crippen molar-refractivity contribution in [3.05, 3.63) is 28.8 Å². The van der Waals surface area contributed by atoms with Crippen molar-refractivity contribution < 1.29 is 9.90 Å². The number of nitrogens with zero attached hydrogens (tertiary/aromatic N) is 1. The van der Waals surface area contributed by atoms with Gasteiger partial charge in [-0.3, -0.25) is 4.79 Å². The van der Waals surface area contributed by atoms with Gasteiger partial charge in [-0.2, -0.15) is 0 Å². The Morgan fingerprint density at radius 2 is 2.00 bits per heavy atom. The third-order valence-corrected chi connectivity index (χ3v) is 3.68. The van der Waals surface area contributed by atoms with E-state index < -0.39 is 5.97 Å². The maximum Gasteiger partial charge on any atom is 0.317 e. The van der Waals surface area contributed by atoms with Crippen LogP contribution >= 0.6 is 0 Å². The molecular formula is C15H22N2O2. The molecule has 1 aromatic rings. The zero-order valence-corrected chi connectivity index (χ0v) is 11.9. The smallest absolute Gasteiger partial charge is 0.317 e. The van der Waals surface area contributed by atoms with Crippen LogP contribution < -0.4 is 10.2 Å². The molecule has 0 radical (unpaired) electrons. The largest absolute Gasteiger partial charge is 0.480 e. The number of rotatable bonds is 4. The van der Waals surface area contributed by atoms with E-state index in [1.165, 1.54) is 22.4 Å². The SMILES string of the molecule is Cc1cc(C)c(N2CCC(NCC(=O)O)C2)c(C)c1. The number of hydrogen-bond donors (Lipinski definition) is 2. The highest BCUT2D eigenvalue weighted by Crippen LogP contribution is 2.29. The van der Waals surface area contributed by atoms with Crippen molar-refractivity contribution in [3.63, 3.8) is 0 Å². The molecule has 0 amide bonds. The molecule has 0 spiro atoms. The molecular weight excluding hydrogens is 240 g/mol. The lowest BCUT2D eigenvalue weighted by atomic mass is 10.0. The minimum absolute atomic E-state index is 0.0460. The van der Waals surface area contributed by atoms with Gasteiger partial charge in [0.05, 0.1) is 6.54 Å². The van der Waals surface area contributed by atoms with Gasteiger partial charge < -0.3 is 15.3 Å². The summed E-state index contributed by atoms with van der Waals surface area (Å²) >= 11 is 0. The predicted octanol–water partition coefficient (Wildman–Crippen LogP) is 1.86. The number of hydrogen-bond acceptors (Lipinski definition) is 3. The van der Waals surface area contributed by atoms with Gasteiger partial charge in [0.25, 0.3) is 0 Å². The van der Waals surface area contributed by atoms with E-state index in [0.717, 1.165) is 19.5 Å². The summed E-state index contributed by atoms with van der Waals surface area (Å²) in [4.78, 5) is 12.9. The number of carboxylic acid groups (broad SMARTS) is 1. The van der Waals surface area contributed by atoms with Gasteiger partial charge in [-0.05, 0) is 38.3 Å². The second-order valence-corrected chi connectivity index (χ2v) is 5.45. The van der Waals surface area contributed by atoms with Crippen LogP contribution in [0.15, 0.2) is 12.1 Å².